The van der Waals surface area contributed by atoms with Gasteiger partial charge < -0.3 is 14.8 Å². The quantitative estimate of drug-likeness (QED) is 0.903. The zero-order valence-electron chi connectivity index (χ0n) is 12.3. The normalized spacial score (nSPS) is 11.8. The Kier molecular flexibility index (Phi) is 4.45. The predicted octanol–water partition coefficient (Wildman–Crippen LogP) is 3.58. The molecule has 1 N–H and O–H groups in total. The van der Waals surface area contributed by atoms with E-state index < -0.39 is 0 Å². The number of methoxy groups -OCH3 is 2. The smallest absolute Gasteiger partial charge is 0.237 e. The Labute approximate surface area is 119 Å². The number of ether oxygens (including phenoxy) is 2. The Morgan fingerprint density at radius 1 is 1.15 bits per heavy atom. The van der Waals surface area contributed by atoms with Gasteiger partial charge in [-0.15, -0.1) is 0 Å². The van der Waals surface area contributed by atoms with E-state index in [1.54, 1.807) is 20.4 Å². The molecule has 0 saturated heterocycles. The van der Waals surface area contributed by atoms with E-state index in [9.17, 15) is 0 Å². The molecule has 0 saturated carbocycles. The van der Waals surface area contributed by atoms with Crippen LogP contribution in [-0.2, 0) is 0 Å². The van der Waals surface area contributed by atoms with Crippen molar-refractivity contribution in [3.05, 3.63) is 47.7 Å². The number of rotatable bonds is 5. The molecule has 1 atom stereocenters. The monoisotopic (exact) mass is 272 g/mol. The third kappa shape index (κ3) is 3.02. The molecule has 1 aromatic heterocycles. The van der Waals surface area contributed by atoms with Gasteiger partial charge in [-0.25, -0.2) is 4.98 Å². The minimum Gasteiger partial charge on any atom is -0.496 e. The SMILES string of the molecule is COc1ccc(C)cc1C(C)Nc1cccnc1OC. The number of anilines is 1. The first-order chi connectivity index (χ1) is 9.65. The summed E-state index contributed by atoms with van der Waals surface area (Å²) in [6, 6.07) is 10.1. The van der Waals surface area contributed by atoms with E-state index in [1.807, 2.05) is 24.3 Å². The highest BCUT2D eigenvalue weighted by Crippen LogP contribution is 2.31. The number of nitrogens with zero attached hydrogens (tertiary/aromatic N) is 1. The molecule has 1 unspecified atom stereocenters. The summed E-state index contributed by atoms with van der Waals surface area (Å²) in [6.07, 6.45) is 1.71. The fourth-order valence-electron chi connectivity index (χ4n) is 2.17. The molecular formula is C16H20N2O2. The number of pyridine rings is 1. The van der Waals surface area contributed by atoms with Crippen molar-refractivity contribution < 1.29 is 9.47 Å². The third-order valence-electron chi connectivity index (χ3n) is 3.19. The van der Waals surface area contributed by atoms with Gasteiger partial charge in [-0.2, -0.15) is 0 Å². The minimum absolute atomic E-state index is 0.0861. The summed E-state index contributed by atoms with van der Waals surface area (Å²) in [5.41, 5.74) is 3.18. The maximum Gasteiger partial charge on any atom is 0.237 e. The Morgan fingerprint density at radius 2 is 1.95 bits per heavy atom. The second-order valence-electron chi connectivity index (χ2n) is 4.67. The van der Waals surface area contributed by atoms with Crippen LogP contribution in [0.25, 0.3) is 0 Å². The maximum atomic E-state index is 5.43. The summed E-state index contributed by atoms with van der Waals surface area (Å²) in [7, 11) is 3.30. The lowest BCUT2D eigenvalue weighted by Crippen LogP contribution is -2.09. The first-order valence-electron chi connectivity index (χ1n) is 6.55. The summed E-state index contributed by atoms with van der Waals surface area (Å²) in [5, 5.41) is 3.41. The minimum atomic E-state index is 0.0861. The highest BCUT2D eigenvalue weighted by Gasteiger charge is 2.13. The Morgan fingerprint density at radius 3 is 2.65 bits per heavy atom. The van der Waals surface area contributed by atoms with E-state index in [4.69, 9.17) is 9.47 Å². The number of benzene rings is 1. The number of hydrogen-bond donors (Lipinski definition) is 1. The molecule has 4 nitrogen and oxygen atoms in total. The molecule has 0 fully saturated rings. The van der Waals surface area contributed by atoms with Crippen molar-refractivity contribution in [2.24, 2.45) is 0 Å². The van der Waals surface area contributed by atoms with Gasteiger partial charge in [0.2, 0.25) is 5.88 Å². The molecule has 2 rings (SSSR count). The van der Waals surface area contributed by atoms with Gasteiger partial charge >= 0.3 is 0 Å². The standard InChI is InChI=1S/C16H20N2O2/c1-11-7-8-15(19-3)13(10-11)12(2)18-14-6-5-9-17-16(14)20-4/h5-10,12,18H,1-4H3. The van der Waals surface area contributed by atoms with Gasteiger partial charge in [0.05, 0.1) is 25.9 Å². The van der Waals surface area contributed by atoms with Crippen LogP contribution in [0.4, 0.5) is 5.69 Å². The van der Waals surface area contributed by atoms with Crippen molar-refractivity contribution in [2.75, 3.05) is 19.5 Å². The molecule has 4 heteroatoms. The van der Waals surface area contributed by atoms with E-state index in [-0.39, 0.29) is 6.04 Å². The van der Waals surface area contributed by atoms with Crippen LogP contribution in [0.5, 0.6) is 11.6 Å². The largest absolute Gasteiger partial charge is 0.496 e. The van der Waals surface area contributed by atoms with Crippen molar-refractivity contribution in [3.63, 3.8) is 0 Å². The summed E-state index contributed by atoms with van der Waals surface area (Å²) in [4.78, 5) is 4.19. The first kappa shape index (κ1) is 14.2. The molecule has 0 aliphatic carbocycles. The van der Waals surface area contributed by atoms with Crippen LogP contribution in [0.2, 0.25) is 0 Å². The maximum absolute atomic E-state index is 5.43. The lowest BCUT2D eigenvalue weighted by atomic mass is 10.0. The molecule has 0 aliphatic heterocycles. The molecule has 0 spiro atoms. The summed E-state index contributed by atoms with van der Waals surface area (Å²) in [5.74, 6) is 1.46. The van der Waals surface area contributed by atoms with Crippen molar-refractivity contribution in [1.82, 2.24) is 4.98 Å². The lowest BCUT2D eigenvalue weighted by Gasteiger charge is -2.20. The van der Waals surface area contributed by atoms with E-state index >= 15 is 0 Å². The molecule has 0 aliphatic rings. The Bertz CT molecular complexity index is 584. The van der Waals surface area contributed by atoms with E-state index in [0.717, 1.165) is 17.0 Å². The van der Waals surface area contributed by atoms with Crippen LogP contribution in [0, 0.1) is 6.92 Å². The van der Waals surface area contributed by atoms with Crippen LogP contribution >= 0.6 is 0 Å². The highest BCUT2D eigenvalue weighted by molar-refractivity contribution is 5.54. The molecule has 0 amide bonds. The topological polar surface area (TPSA) is 43.4 Å². The summed E-state index contributed by atoms with van der Waals surface area (Å²) in [6.45, 7) is 4.16. The molecule has 0 bridgehead atoms. The number of nitrogens with one attached hydrogen (secondary N) is 1. The molecule has 0 radical (unpaired) electrons. The zero-order valence-corrected chi connectivity index (χ0v) is 12.3. The molecule has 1 heterocycles. The van der Waals surface area contributed by atoms with Gasteiger partial charge in [-0.3, -0.25) is 0 Å². The molecule has 1 aromatic carbocycles. The van der Waals surface area contributed by atoms with Crippen molar-refractivity contribution in [3.8, 4) is 11.6 Å². The number of aromatic nitrogens is 1. The highest BCUT2D eigenvalue weighted by atomic mass is 16.5. The van der Waals surface area contributed by atoms with Crippen LogP contribution in [0.1, 0.15) is 24.1 Å². The zero-order chi connectivity index (χ0) is 14.5. The van der Waals surface area contributed by atoms with Gasteiger partial charge in [0.15, 0.2) is 0 Å². The van der Waals surface area contributed by atoms with Gasteiger partial charge in [-0.05, 0) is 32.0 Å². The lowest BCUT2D eigenvalue weighted by molar-refractivity contribution is 0.398. The molecular weight excluding hydrogens is 252 g/mol. The third-order valence-corrected chi connectivity index (χ3v) is 3.19. The average Bonchev–Trinajstić information content (AvgIpc) is 2.47. The first-order valence-corrected chi connectivity index (χ1v) is 6.55. The second kappa shape index (κ2) is 6.28. The van der Waals surface area contributed by atoms with Gasteiger partial charge in [-0.1, -0.05) is 17.7 Å². The molecule has 20 heavy (non-hydrogen) atoms. The van der Waals surface area contributed by atoms with Crippen molar-refractivity contribution >= 4 is 5.69 Å². The number of hydrogen-bond acceptors (Lipinski definition) is 4. The van der Waals surface area contributed by atoms with Crippen molar-refractivity contribution in [1.29, 1.82) is 0 Å². The summed E-state index contributed by atoms with van der Waals surface area (Å²) < 4.78 is 10.7. The Hall–Kier alpha value is -2.23. The van der Waals surface area contributed by atoms with Crippen LogP contribution in [0.3, 0.4) is 0 Å². The number of aryl methyl sites for hydroxylation is 1. The van der Waals surface area contributed by atoms with Crippen LogP contribution in [-0.4, -0.2) is 19.2 Å². The van der Waals surface area contributed by atoms with Gasteiger partial charge in [0.25, 0.3) is 0 Å². The Balaban J connectivity index is 2.28. The molecule has 2 aromatic rings. The van der Waals surface area contributed by atoms with Gasteiger partial charge in [0.1, 0.15) is 5.75 Å². The van der Waals surface area contributed by atoms with E-state index in [0.29, 0.717) is 5.88 Å². The van der Waals surface area contributed by atoms with Crippen LogP contribution < -0.4 is 14.8 Å². The summed E-state index contributed by atoms with van der Waals surface area (Å²) >= 11 is 0. The van der Waals surface area contributed by atoms with Crippen molar-refractivity contribution in [2.45, 2.75) is 19.9 Å². The van der Waals surface area contributed by atoms with Gasteiger partial charge in [0, 0.05) is 11.8 Å². The van der Waals surface area contributed by atoms with E-state index in [2.05, 4.69) is 30.2 Å². The predicted molar refractivity (Wildman–Crippen MR) is 80.6 cm³/mol. The van der Waals surface area contributed by atoms with E-state index in [1.165, 1.54) is 5.56 Å². The molecule has 106 valence electrons. The second-order valence-corrected chi connectivity index (χ2v) is 4.67. The average molecular weight is 272 g/mol. The fourth-order valence-corrected chi connectivity index (χ4v) is 2.17. The fraction of sp³-hybridized carbons (Fsp3) is 0.312. The van der Waals surface area contributed by atoms with Crippen LogP contribution in [0.15, 0.2) is 36.5 Å².